The van der Waals surface area contributed by atoms with Crippen LogP contribution in [0.4, 0.5) is 4.39 Å². The predicted molar refractivity (Wildman–Crippen MR) is 117 cm³/mol. The molecular formula is C24H39FN4O2. The fraction of sp³-hybridized carbons (Fsp3) is 0.917. The van der Waals surface area contributed by atoms with Gasteiger partial charge in [-0.2, -0.15) is 0 Å². The maximum Gasteiger partial charge on any atom is 0.237 e. The molecular weight excluding hydrogens is 395 g/mol. The van der Waals surface area contributed by atoms with E-state index >= 15 is 0 Å². The highest BCUT2D eigenvalue weighted by Gasteiger charge is 2.47. The summed E-state index contributed by atoms with van der Waals surface area (Å²) < 4.78 is 14.4. The molecule has 2 saturated carbocycles. The molecule has 5 rings (SSSR count). The molecule has 0 aromatic carbocycles. The van der Waals surface area contributed by atoms with Crippen LogP contribution in [0.15, 0.2) is 0 Å². The standard InChI is InChI=1S/C24H39FN4O2/c1-15-5-6-19(25)18-14-20(27-22(15)18)23(31)26-16-3-2-4-17(13-16)29-11-9-24(10-12-29)8-7-21(30)28-24/h15-20,22,27H,2-14H2,1H3,(H,26,31)(H,28,30)/t15?,16-,17-,18?,19?,20?,22?/m1/s1. The lowest BCUT2D eigenvalue weighted by atomic mass is 9.77. The fourth-order valence-corrected chi connectivity index (χ4v) is 7.19. The van der Waals surface area contributed by atoms with Crippen molar-refractivity contribution in [1.82, 2.24) is 20.9 Å². The van der Waals surface area contributed by atoms with Crippen molar-refractivity contribution in [2.75, 3.05) is 13.1 Å². The van der Waals surface area contributed by atoms with Crippen molar-refractivity contribution in [3.63, 3.8) is 0 Å². The van der Waals surface area contributed by atoms with Crippen LogP contribution in [-0.2, 0) is 9.59 Å². The van der Waals surface area contributed by atoms with Crippen molar-refractivity contribution < 1.29 is 14.0 Å². The lowest BCUT2D eigenvalue weighted by Gasteiger charge is -2.45. The van der Waals surface area contributed by atoms with E-state index in [1.165, 1.54) is 6.42 Å². The van der Waals surface area contributed by atoms with Gasteiger partial charge in [0.1, 0.15) is 6.17 Å². The Balaban J connectivity index is 1.12. The Morgan fingerprint density at radius 3 is 2.65 bits per heavy atom. The van der Waals surface area contributed by atoms with E-state index in [1.807, 2.05) is 0 Å². The van der Waals surface area contributed by atoms with Gasteiger partial charge in [0.15, 0.2) is 0 Å². The van der Waals surface area contributed by atoms with Gasteiger partial charge in [0, 0.05) is 49.1 Å². The van der Waals surface area contributed by atoms with Crippen LogP contribution in [0.5, 0.6) is 0 Å². The molecule has 5 fully saturated rings. The molecule has 7 heteroatoms. The minimum Gasteiger partial charge on any atom is -0.352 e. The zero-order valence-electron chi connectivity index (χ0n) is 18.9. The van der Waals surface area contributed by atoms with Crippen LogP contribution in [0, 0.1) is 11.8 Å². The second-order valence-corrected chi connectivity index (χ2v) is 11.1. The number of carbonyl (C=O) groups excluding carboxylic acids is 2. The van der Waals surface area contributed by atoms with Gasteiger partial charge < -0.3 is 20.9 Å². The SMILES string of the molecule is CC1CCC(F)C2CC(C(=O)N[C@@H]3CCC[C@@H](N4CCC5(CCC(=O)N5)CC4)C3)NC12. The lowest BCUT2D eigenvalue weighted by molar-refractivity contribution is -0.124. The molecule has 174 valence electrons. The molecule has 0 aromatic rings. The average Bonchev–Trinajstić information content (AvgIpc) is 3.37. The molecule has 5 aliphatic rings. The van der Waals surface area contributed by atoms with Gasteiger partial charge in [-0.05, 0) is 70.1 Å². The van der Waals surface area contributed by atoms with Gasteiger partial charge in [-0.3, -0.25) is 9.59 Å². The number of nitrogens with one attached hydrogen (secondary N) is 3. The number of fused-ring (bicyclic) bond motifs is 1. The summed E-state index contributed by atoms with van der Waals surface area (Å²) in [4.78, 5) is 27.3. The second-order valence-electron chi connectivity index (χ2n) is 11.1. The highest BCUT2D eigenvalue weighted by Crippen LogP contribution is 2.39. The summed E-state index contributed by atoms with van der Waals surface area (Å²) in [5, 5.41) is 10.0. The monoisotopic (exact) mass is 434 g/mol. The maximum absolute atomic E-state index is 14.4. The number of piperidine rings is 1. The van der Waals surface area contributed by atoms with Gasteiger partial charge in [0.2, 0.25) is 11.8 Å². The lowest BCUT2D eigenvalue weighted by Crippen LogP contribution is -2.55. The zero-order chi connectivity index (χ0) is 21.6. The minimum absolute atomic E-state index is 0.00430. The molecule has 5 unspecified atom stereocenters. The van der Waals surface area contributed by atoms with Gasteiger partial charge in [-0.1, -0.05) is 6.92 Å². The first-order valence-corrected chi connectivity index (χ1v) is 12.7. The third-order valence-electron chi connectivity index (χ3n) is 9.15. The molecule has 7 atom stereocenters. The summed E-state index contributed by atoms with van der Waals surface area (Å²) in [5.74, 6) is 0.727. The first-order valence-electron chi connectivity index (χ1n) is 12.7. The van der Waals surface area contributed by atoms with Crippen LogP contribution in [0.25, 0.3) is 0 Å². The van der Waals surface area contributed by atoms with Crippen LogP contribution in [0.1, 0.15) is 77.6 Å². The summed E-state index contributed by atoms with van der Waals surface area (Å²) in [6.45, 7) is 4.26. The molecule has 1 spiro atoms. The third-order valence-corrected chi connectivity index (χ3v) is 9.15. The van der Waals surface area contributed by atoms with Crippen molar-refractivity contribution in [2.45, 2.75) is 113 Å². The van der Waals surface area contributed by atoms with E-state index in [0.29, 0.717) is 31.2 Å². The van der Waals surface area contributed by atoms with Crippen LogP contribution < -0.4 is 16.0 Å². The van der Waals surface area contributed by atoms with E-state index in [9.17, 15) is 14.0 Å². The van der Waals surface area contributed by atoms with Gasteiger partial charge in [0.25, 0.3) is 0 Å². The largest absolute Gasteiger partial charge is 0.352 e. The van der Waals surface area contributed by atoms with Crippen LogP contribution >= 0.6 is 0 Å². The summed E-state index contributed by atoms with van der Waals surface area (Å²) in [6, 6.07) is 0.643. The number of halogens is 1. The third kappa shape index (κ3) is 4.37. The summed E-state index contributed by atoms with van der Waals surface area (Å²) in [5.41, 5.74) is 0.0478. The van der Waals surface area contributed by atoms with E-state index in [1.54, 1.807) is 0 Å². The molecule has 2 amide bonds. The van der Waals surface area contributed by atoms with E-state index < -0.39 is 6.17 Å². The molecule has 0 bridgehead atoms. The van der Waals surface area contributed by atoms with E-state index in [4.69, 9.17) is 0 Å². The number of rotatable bonds is 3. The van der Waals surface area contributed by atoms with Crippen LogP contribution in [0.2, 0.25) is 0 Å². The van der Waals surface area contributed by atoms with Crippen LogP contribution in [-0.4, -0.2) is 65.7 Å². The Hall–Kier alpha value is -1.21. The molecule has 6 nitrogen and oxygen atoms in total. The molecule has 3 saturated heterocycles. The predicted octanol–water partition coefficient (Wildman–Crippen LogP) is 2.27. The topological polar surface area (TPSA) is 73.5 Å². The summed E-state index contributed by atoms with van der Waals surface area (Å²) >= 11 is 0. The Bertz CT molecular complexity index is 677. The van der Waals surface area contributed by atoms with Crippen molar-refractivity contribution in [2.24, 2.45) is 11.8 Å². The molecule has 0 radical (unpaired) electrons. The zero-order valence-corrected chi connectivity index (χ0v) is 18.9. The first-order chi connectivity index (χ1) is 14.9. The number of carbonyl (C=O) groups is 2. The Kier molecular flexibility index (Phi) is 6.01. The van der Waals surface area contributed by atoms with Crippen molar-refractivity contribution in [3.05, 3.63) is 0 Å². The summed E-state index contributed by atoms with van der Waals surface area (Å²) in [7, 11) is 0. The van der Waals surface area contributed by atoms with E-state index in [2.05, 4.69) is 27.8 Å². The normalized spacial score (nSPS) is 42.9. The van der Waals surface area contributed by atoms with Crippen molar-refractivity contribution in [3.8, 4) is 0 Å². The van der Waals surface area contributed by atoms with Crippen molar-refractivity contribution >= 4 is 11.8 Å². The number of amides is 2. The van der Waals surface area contributed by atoms with Gasteiger partial charge in [-0.25, -0.2) is 4.39 Å². The van der Waals surface area contributed by atoms with Gasteiger partial charge in [0.05, 0.1) is 6.04 Å². The minimum atomic E-state index is -0.766. The molecule has 31 heavy (non-hydrogen) atoms. The first kappa shape index (κ1) is 21.6. The Labute approximate surface area is 185 Å². The highest BCUT2D eigenvalue weighted by atomic mass is 19.1. The van der Waals surface area contributed by atoms with E-state index in [0.717, 1.165) is 58.0 Å². The summed E-state index contributed by atoms with van der Waals surface area (Å²) in [6.07, 6.45) is 9.56. The molecule has 0 aromatic heterocycles. The van der Waals surface area contributed by atoms with Gasteiger partial charge >= 0.3 is 0 Å². The fourth-order valence-electron chi connectivity index (χ4n) is 7.19. The van der Waals surface area contributed by atoms with Crippen molar-refractivity contribution in [1.29, 1.82) is 0 Å². The Morgan fingerprint density at radius 2 is 1.94 bits per heavy atom. The number of alkyl halides is 1. The Morgan fingerprint density at radius 1 is 1.13 bits per heavy atom. The van der Waals surface area contributed by atoms with Crippen LogP contribution in [0.3, 0.4) is 0 Å². The maximum atomic E-state index is 14.4. The number of likely N-dealkylation sites (tertiary alicyclic amines) is 1. The quantitative estimate of drug-likeness (QED) is 0.637. The molecule has 3 aliphatic heterocycles. The second kappa shape index (κ2) is 8.62. The molecule has 3 heterocycles. The molecule has 2 aliphatic carbocycles. The number of hydrogen-bond donors (Lipinski definition) is 3. The molecule has 3 N–H and O–H groups in total. The number of nitrogens with zero attached hydrogens (tertiary/aromatic N) is 1. The van der Waals surface area contributed by atoms with Gasteiger partial charge in [-0.15, -0.1) is 0 Å². The smallest absolute Gasteiger partial charge is 0.237 e. The van der Waals surface area contributed by atoms with E-state index in [-0.39, 0.29) is 41.4 Å². The highest BCUT2D eigenvalue weighted by molar-refractivity contribution is 5.82. The number of hydrogen-bond acceptors (Lipinski definition) is 4. The average molecular weight is 435 g/mol.